The van der Waals surface area contributed by atoms with Crippen LogP contribution in [0.15, 0.2) is 12.5 Å². The monoisotopic (exact) mass is 322 g/mol. The Morgan fingerprint density at radius 3 is 2.57 bits per heavy atom. The van der Waals surface area contributed by atoms with Gasteiger partial charge in [-0.15, -0.1) is 0 Å². The average molecular weight is 322 g/mol. The molecule has 0 bridgehead atoms. The molecule has 0 amide bonds. The summed E-state index contributed by atoms with van der Waals surface area (Å²) < 4.78 is 12.0. The minimum atomic E-state index is -0.360. The Bertz CT molecular complexity index is 682. The number of carbonyl (C=O) groups excluding carboxylic acids is 2. The summed E-state index contributed by atoms with van der Waals surface area (Å²) in [5.41, 5.74) is 7.01. The molecule has 0 radical (unpaired) electrons. The largest absolute Gasteiger partial charge is 0.465 e. The van der Waals surface area contributed by atoms with Crippen LogP contribution in [0, 0.1) is 5.92 Å². The molecule has 9 nitrogen and oxygen atoms in total. The van der Waals surface area contributed by atoms with Crippen LogP contribution in [0.1, 0.15) is 20.3 Å². The van der Waals surface area contributed by atoms with Gasteiger partial charge in [0, 0.05) is 19.8 Å². The van der Waals surface area contributed by atoms with Gasteiger partial charge in [0.2, 0.25) is 17.8 Å². The zero-order valence-electron chi connectivity index (χ0n) is 13.1. The first-order chi connectivity index (χ1) is 11.0. The molecular formula is C14H20N5O4+. The van der Waals surface area contributed by atoms with Crippen LogP contribution in [0.5, 0.6) is 0 Å². The Balaban J connectivity index is 2.00. The lowest BCUT2D eigenvalue weighted by molar-refractivity contribution is -0.672. The van der Waals surface area contributed by atoms with E-state index in [1.165, 1.54) is 13.8 Å². The van der Waals surface area contributed by atoms with Crippen molar-refractivity contribution in [2.45, 2.75) is 26.8 Å². The molecule has 9 heteroatoms. The molecule has 124 valence electrons. The van der Waals surface area contributed by atoms with E-state index in [-0.39, 0.29) is 37.0 Å². The number of rotatable bonds is 7. The first-order valence-electron chi connectivity index (χ1n) is 7.21. The zero-order valence-corrected chi connectivity index (χ0v) is 13.1. The predicted molar refractivity (Wildman–Crippen MR) is 79.9 cm³/mol. The topological polar surface area (TPSA) is 124 Å². The van der Waals surface area contributed by atoms with Crippen LogP contribution in [0.25, 0.3) is 11.2 Å². The van der Waals surface area contributed by atoms with Crippen LogP contribution < -0.4 is 10.3 Å². The number of hydrogen-bond acceptors (Lipinski definition) is 7. The molecule has 0 saturated heterocycles. The summed E-state index contributed by atoms with van der Waals surface area (Å²) in [7, 11) is 0. The zero-order chi connectivity index (χ0) is 16.8. The molecule has 0 atom stereocenters. The van der Waals surface area contributed by atoms with Crippen LogP contribution in [0.2, 0.25) is 0 Å². The number of nitrogens with two attached hydrogens (primary N) is 1. The molecule has 0 spiro atoms. The maximum atomic E-state index is 11.0. The van der Waals surface area contributed by atoms with E-state index in [9.17, 15) is 9.59 Å². The molecule has 2 rings (SSSR count). The summed E-state index contributed by atoms with van der Waals surface area (Å²) in [5, 5.41) is 0. The van der Waals surface area contributed by atoms with Crippen molar-refractivity contribution >= 4 is 29.1 Å². The molecule has 2 heterocycles. The number of aryl methyl sites for hydroxylation is 1. The number of aromatic nitrogens is 4. The quantitative estimate of drug-likeness (QED) is 0.541. The number of esters is 2. The average Bonchev–Trinajstić information content (AvgIpc) is 2.88. The lowest BCUT2D eigenvalue weighted by atomic mass is 10.1. The highest BCUT2D eigenvalue weighted by Gasteiger charge is 2.17. The number of hydrogen-bond donors (Lipinski definition) is 2. The number of fused-ring (bicyclic) bond motifs is 1. The lowest BCUT2D eigenvalue weighted by Gasteiger charge is -2.15. The minimum Gasteiger partial charge on any atom is -0.465 e. The summed E-state index contributed by atoms with van der Waals surface area (Å²) >= 11 is 0. The van der Waals surface area contributed by atoms with E-state index in [1.54, 1.807) is 12.5 Å². The standard InChI is InChI=1S/C14H19N5O4/c1-9(20)22-6-11(7-23-10(2)21)3-4-19-8-17-13-12(19)5-16-14(15)18-13/h5,8,11H,3-4,6-7H2,1-2H3,(H2,15,16,18)/p+1. The molecule has 23 heavy (non-hydrogen) atoms. The van der Waals surface area contributed by atoms with Gasteiger partial charge in [-0.3, -0.25) is 9.59 Å². The number of nitrogen functional groups attached to an aromatic ring is 1. The third-order valence-electron chi connectivity index (χ3n) is 3.28. The fourth-order valence-electron chi connectivity index (χ4n) is 2.11. The van der Waals surface area contributed by atoms with Crippen molar-refractivity contribution in [3.05, 3.63) is 12.5 Å². The van der Waals surface area contributed by atoms with Crippen LogP contribution >= 0.6 is 0 Å². The van der Waals surface area contributed by atoms with Gasteiger partial charge < -0.3 is 15.2 Å². The van der Waals surface area contributed by atoms with Crippen LogP contribution in [-0.4, -0.2) is 40.1 Å². The van der Waals surface area contributed by atoms with Crippen molar-refractivity contribution < 1.29 is 23.6 Å². The highest BCUT2D eigenvalue weighted by molar-refractivity contribution is 5.66. The predicted octanol–water partition coefficient (Wildman–Crippen LogP) is -0.0399. The van der Waals surface area contributed by atoms with E-state index in [4.69, 9.17) is 15.2 Å². The van der Waals surface area contributed by atoms with Gasteiger partial charge in [0.05, 0.1) is 26.0 Å². The molecular weight excluding hydrogens is 302 g/mol. The van der Waals surface area contributed by atoms with Crippen molar-refractivity contribution in [2.24, 2.45) is 5.92 Å². The van der Waals surface area contributed by atoms with Gasteiger partial charge in [-0.2, -0.15) is 4.98 Å². The van der Waals surface area contributed by atoms with E-state index in [0.717, 1.165) is 5.52 Å². The summed E-state index contributed by atoms with van der Waals surface area (Å²) in [6.45, 7) is 3.72. The second-order valence-electron chi connectivity index (χ2n) is 5.19. The number of aromatic amines is 1. The van der Waals surface area contributed by atoms with Crippen LogP contribution in [0.4, 0.5) is 5.95 Å². The van der Waals surface area contributed by atoms with Gasteiger partial charge in [-0.1, -0.05) is 0 Å². The number of carbonyl (C=O) groups is 2. The van der Waals surface area contributed by atoms with Crippen molar-refractivity contribution in [2.75, 3.05) is 18.9 Å². The minimum absolute atomic E-state index is 0.0880. The first kappa shape index (κ1) is 16.7. The SMILES string of the molecule is CC(=O)OCC(CC[n+]1c[nH]c2nc(N)ncc21)COC(C)=O. The van der Waals surface area contributed by atoms with Crippen LogP contribution in [-0.2, 0) is 25.6 Å². The number of imidazole rings is 1. The molecule has 0 aliphatic carbocycles. The molecule has 3 N–H and O–H groups in total. The van der Waals surface area contributed by atoms with Gasteiger partial charge in [0.1, 0.15) is 0 Å². The number of ether oxygens (including phenoxy) is 2. The van der Waals surface area contributed by atoms with E-state index in [2.05, 4.69) is 15.0 Å². The second kappa shape index (κ2) is 7.52. The number of H-pyrrole nitrogens is 1. The van der Waals surface area contributed by atoms with E-state index >= 15 is 0 Å². The maximum absolute atomic E-state index is 11.0. The van der Waals surface area contributed by atoms with Gasteiger partial charge in [0.15, 0.2) is 0 Å². The highest BCUT2D eigenvalue weighted by Crippen LogP contribution is 2.08. The summed E-state index contributed by atoms with van der Waals surface area (Å²) in [6.07, 6.45) is 4.07. The number of nitrogens with one attached hydrogen (secondary N) is 1. The Kier molecular flexibility index (Phi) is 5.45. The maximum Gasteiger partial charge on any atom is 0.302 e. The summed E-state index contributed by atoms with van der Waals surface area (Å²) in [5.74, 6) is -0.605. The number of nitrogens with zero attached hydrogens (tertiary/aromatic N) is 3. The molecule has 0 aliphatic rings. The third-order valence-corrected chi connectivity index (χ3v) is 3.28. The molecule has 0 saturated carbocycles. The Hall–Kier alpha value is -2.71. The van der Waals surface area contributed by atoms with Crippen molar-refractivity contribution in [1.82, 2.24) is 15.0 Å². The third kappa shape index (κ3) is 4.90. The molecule has 2 aromatic heterocycles. The van der Waals surface area contributed by atoms with Crippen molar-refractivity contribution in [3.63, 3.8) is 0 Å². The summed E-state index contributed by atoms with van der Waals surface area (Å²) in [6, 6.07) is 0. The van der Waals surface area contributed by atoms with E-state index < -0.39 is 0 Å². The Morgan fingerprint density at radius 2 is 1.96 bits per heavy atom. The van der Waals surface area contributed by atoms with E-state index in [0.29, 0.717) is 18.6 Å². The number of anilines is 1. The summed E-state index contributed by atoms with van der Waals surface area (Å²) in [4.78, 5) is 33.0. The lowest BCUT2D eigenvalue weighted by Crippen LogP contribution is -2.34. The normalized spacial score (nSPS) is 10.9. The Labute approximate surface area is 132 Å². The Morgan fingerprint density at radius 1 is 1.30 bits per heavy atom. The molecule has 0 unspecified atom stereocenters. The fourth-order valence-corrected chi connectivity index (χ4v) is 2.11. The van der Waals surface area contributed by atoms with Crippen molar-refractivity contribution in [3.8, 4) is 0 Å². The van der Waals surface area contributed by atoms with Gasteiger partial charge >= 0.3 is 11.9 Å². The van der Waals surface area contributed by atoms with Gasteiger partial charge in [-0.05, 0) is 6.42 Å². The van der Waals surface area contributed by atoms with Crippen molar-refractivity contribution in [1.29, 1.82) is 0 Å². The molecule has 0 fully saturated rings. The smallest absolute Gasteiger partial charge is 0.302 e. The highest BCUT2D eigenvalue weighted by atomic mass is 16.5. The van der Waals surface area contributed by atoms with Gasteiger partial charge in [-0.25, -0.2) is 14.5 Å². The molecule has 2 aromatic rings. The van der Waals surface area contributed by atoms with Crippen LogP contribution in [0.3, 0.4) is 0 Å². The first-order valence-corrected chi connectivity index (χ1v) is 7.21. The second-order valence-corrected chi connectivity index (χ2v) is 5.19. The van der Waals surface area contributed by atoms with E-state index in [1.807, 2.05) is 4.57 Å². The fraction of sp³-hybridized carbons (Fsp3) is 0.500. The molecule has 0 aliphatic heterocycles. The van der Waals surface area contributed by atoms with Gasteiger partial charge in [0.25, 0.3) is 5.65 Å². The molecule has 0 aromatic carbocycles.